The zero-order valence-electron chi connectivity index (χ0n) is 21.3. The standard InChI is InChI=1S/C28H25F2N7O2/c1-15-11-21(30)22(37(18-5-3-17(29)4-6-18)26(39)28(7-8-28)25(31)38)13-19(15)20-12-16-14-34-27(32-2)35-23(16)36-10-9-33-24(20)36/h3-6,11-14,33H,7-10H2,1-2H3,(H2,31,38). The number of anilines is 3. The molecule has 0 saturated heterocycles. The number of nitrogens with zero attached hydrogens (tertiary/aromatic N) is 5. The fourth-order valence-corrected chi connectivity index (χ4v) is 5.16. The number of rotatable bonds is 5. The minimum absolute atomic E-state index is 0.0621. The van der Waals surface area contributed by atoms with Crippen molar-refractivity contribution in [2.24, 2.45) is 16.1 Å². The molecular weight excluding hydrogens is 504 g/mol. The highest BCUT2D eigenvalue weighted by molar-refractivity contribution is 6.16. The van der Waals surface area contributed by atoms with Crippen molar-refractivity contribution in [1.29, 1.82) is 0 Å². The van der Waals surface area contributed by atoms with E-state index in [1.54, 1.807) is 26.2 Å². The Bertz CT molecular complexity index is 1690. The van der Waals surface area contributed by atoms with Crippen LogP contribution in [0.5, 0.6) is 0 Å². The summed E-state index contributed by atoms with van der Waals surface area (Å²) in [7, 11) is 1.63. The van der Waals surface area contributed by atoms with Gasteiger partial charge in [-0.1, -0.05) is 0 Å². The highest BCUT2D eigenvalue weighted by atomic mass is 19.1. The Labute approximate surface area is 222 Å². The van der Waals surface area contributed by atoms with Crippen molar-refractivity contribution in [1.82, 2.24) is 14.5 Å². The lowest BCUT2D eigenvalue weighted by Gasteiger charge is -2.28. The molecule has 9 nitrogen and oxygen atoms in total. The van der Waals surface area contributed by atoms with E-state index in [9.17, 15) is 14.0 Å². The summed E-state index contributed by atoms with van der Waals surface area (Å²) in [5, 5.41) is 3.39. The van der Waals surface area contributed by atoms with Gasteiger partial charge in [-0.15, -0.1) is 0 Å². The maximum absolute atomic E-state index is 15.7. The molecule has 0 atom stereocenters. The second-order valence-corrected chi connectivity index (χ2v) is 9.84. The lowest BCUT2D eigenvalue weighted by molar-refractivity contribution is -0.133. The van der Waals surface area contributed by atoms with Gasteiger partial charge in [-0.25, -0.2) is 13.8 Å². The average molecular weight is 530 g/mol. The van der Waals surface area contributed by atoms with Crippen molar-refractivity contribution in [2.75, 3.05) is 23.8 Å². The number of nitrogens with two attached hydrogens (primary N) is 1. The minimum atomic E-state index is -1.42. The third-order valence-electron chi connectivity index (χ3n) is 7.44. The zero-order chi connectivity index (χ0) is 27.5. The van der Waals surface area contributed by atoms with E-state index < -0.39 is 28.9 Å². The fourth-order valence-electron chi connectivity index (χ4n) is 5.16. The zero-order valence-corrected chi connectivity index (χ0v) is 21.3. The summed E-state index contributed by atoms with van der Waals surface area (Å²) in [6.07, 6.45) is 2.23. The van der Waals surface area contributed by atoms with E-state index in [4.69, 9.17) is 5.73 Å². The smallest absolute Gasteiger partial charge is 0.247 e. The van der Waals surface area contributed by atoms with Crippen LogP contribution >= 0.6 is 0 Å². The van der Waals surface area contributed by atoms with Gasteiger partial charge >= 0.3 is 0 Å². The Hall–Kier alpha value is -4.67. The van der Waals surface area contributed by atoms with Crippen molar-refractivity contribution in [3.63, 3.8) is 0 Å². The van der Waals surface area contributed by atoms with Gasteiger partial charge < -0.3 is 15.6 Å². The van der Waals surface area contributed by atoms with Crippen molar-refractivity contribution in [2.45, 2.75) is 26.3 Å². The molecule has 3 aliphatic heterocycles. The summed E-state index contributed by atoms with van der Waals surface area (Å²) in [5.74, 6) is -1.07. The van der Waals surface area contributed by atoms with Gasteiger partial charge in [-0.05, 0) is 73.4 Å². The molecule has 1 fully saturated rings. The number of primary amides is 1. The number of hydrogen-bond acceptors (Lipinski definition) is 6. The van der Waals surface area contributed by atoms with E-state index in [1.165, 1.54) is 30.3 Å². The van der Waals surface area contributed by atoms with Crippen LogP contribution < -0.4 is 21.6 Å². The molecule has 11 heteroatoms. The highest BCUT2D eigenvalue weighted by Gasteiger charge is 2.57. The Morgan fingerprint density at radius 3 is 2.54 bits per heavy atom. The van der Waals surface area contributed by atoms with Crippen LogP contribution in [-0.2, 0) is 16.1 Å². The maximum Gasteiger partial charge on any atom is 0.247 e. The van der Waals surface area contributed by atoms with Gasteiger partial charge in [0, 0.05) is 43.1 Å². The minimum Gasteiger partial charge on any atom is -0.369 e. The summed E-state index contributed by atoms with van der Waals surface area (Å²) in [6, 6.07) is 9.97. The molecule has 3 N–H and O–H groups in total. The van der Waals surface area contributed by atoms with Crippen molar-refractivity contribution in [3.8, 4) is 22.5 Å². The van der Waals surface area contributed by atoms with E-state index in [2.05, 4.69) is 20.3 Å². The lowest BCUT2D eigenvalue weighted by Crippen LogP contribution is -2.41. The summed E-state index contributed by atoms with van der Waals surface area (Å²) < 4.78 is 31.5. The Morgan fingerprint density at radius 2 is 1.87 bits per heavy atom. The number of aryl methyl sites for hydroxylation is 1. The molecule has 0 spiro atoms. The first-order valence-corrected chi connectivity index (χ1v) is 12.5. The second kappa shape index (κ2) is 8.97. The van der Waals surface area contributed by atoms with Crippen LogP contribution in [0.4, 0.5) is 26.0 Å². The molecule has 0 bridgehead atoms. The third kappa shape index (κ3) is 3.92. The molecule has 39 heavy (non-hydrogen) atoms. The molecule has 3 heterocycles. The number of benzene rings is 2. The van der Waals surface area contributed by atoms with Gasteiger partial charge in [0.15, 0.2) is 0 Å². The predicted molar refractivity (Wildman–Crippen MR) is 141 cm³/mol. The SMILES string of the molecule is CN=c1ncc2cc(-c3cc(N(C(=O)C4(C(N)=O)CC4)c4ccc(F)cc4)c(F)cc3C)c3n(c-2n1)CCN3. The number of pyridine rings is 1. The van der Waals surface area contributed by atoms with Gasteiger partial charge in [0.25, 0.3) is 0 Å². The average Bonchev–Trinajstić information content (AvgIpc) is 3.60. The van der Waals surface area contributed by atoms with Crippen molar-refractivity contribution >= 4 is 29.0 Å². The summed E-state index contributed by atoms with van der Waals surface area (Å²) >= 11 is 0. The first kappa shape index (κ1) is 24.7. The largest absolute Gasteiger partial charge is 0.369 e. The number of amides is 2. The molecule has 0 aromatic heterocycles. The molecule has 0 unspecified atom stereocenters. The van der Waals surface area contributed by atoms with E-state index in [0.717, 1.165) is 27.7 Å². The molecule has 2 aromatic rings. The van der Waals surface area contributed by atoms with E-state index in [-0.39, 0.29) is 24.2 Å². The molecular formula is C28H25F2N7O2. The van der Waals surface area contributed by atoms with Crippen molar-refractivity contribution < 1.29 is 18.4 Å². The van der Waals surface area contributed by atoms with Crippen LogP contribution in [0.25, 0.3) is 22.5 Å². The predicted octanol–water partition coefficient (Wildman–Crippen LogP) is 3.52. The van der Waals surface area contributed by atoms with Gasteiger partial charge in [-0.2, -0.15) is 4.98 Å². The molecule has 6 rings (SSSR count). The monoisotopic (exact) mass is 529 g/mol. The van der Waals surface area contributed by atoms with Crippen LogP contribution in [-0.4, -0.2) is 39.9 Å². The topological polar surface area (TPSA) is 119 Å². The Kier molecular flexibility index (Phi) is 5.67. The van der Waals surface area contributed by atoms with Crippen LogP contribution in [0.2, 0.25) is 0 Å². The molecule has 1 aliphatic carbocycles. The molecule has 2 aromatic carbocycles. The number of halogens is 2. The molecule has 198 valence electrons. The summed E-state index contributed by atoms with van der Waals surface area (Å²) in [5.41, 5.74) is 7.55. The number of carbonyl (C=O) groups is 2. The summed E-state index contributed by atoms with van der Waals surface area (Å²) in [6.45, 7) is 3.11. The van der Waals surface area contributed by atoms with Crippen molar-refractivity contribution in [3.05, 3.63) is 71.5 Å². The first-order valence-electron chi connectivity index (χ1n) is 12.5. The van der Waals surface area contributed by atoms with E-state index in [0.29, 0.717) is 29.8 Å². The van der Waals surface area contributed by atoms with Crippen LogP contribution in [0.15, 0.2) is 53.7 Å². The number of fused-ring (bicyclic) bond motifs is 3. The highest BCUT2D eigenvalue weighted by Crippen LogP contribution is 2.50. The molecule has 4 aliphatic rings. The lowest BCUT2D eigenvalue weighted by atomic mass is 9.96. The molecule has 2 amide bonds. The Balaban J connectivity index is 1.57. The number of nitrogens with one attached hydrogen (secondary N) is 1. The van der Waals surface area contributed by atoms with Gasteiger partial charge in [-0.3, -0.25) is 19.5 Å². The molecule has 0 radical (unpaired) electrons. The van der Waals surface area contributed by atoms with Gasteiger partial charge in [0.2, 0.25) is 17.4 Å². The van der Waals surface area contributed by atoms with E-state index in [1.807, 2.05) is 10.6 Å². The number of carbonyl (C=O) groups excluding carboxylic acids is 2. The van der Waals surface area contributed by atoms with Gasteiger partial charge in [0.05, 0.1) is 5.69 Å². The normalized spacial score (nSPS) is 15.6. The first-order chi connectivity index (χ1) is 18.7. The number of aromatic nitrogens is 3. The van der Waals surface area contributed by atoms with E-state index >= 15 is 4.39 Å². The maximum atomic E-state index is 15.7. The quantitative estimate of drug-likeness (QED) is 0.384. The van der Waals surface area contributed by atoms with Crippen LogP contribution in [0, 0.1) is 24.0 Å². The van der Waals surface area contributed by atoms with Crippen LogP contribution in [0.3, 0.4) is 0 Å². The second-order valence-electron chi connectivity index (χ2n) is 9.84. The Morgan fingerprint density at radius 1 is 1.13 bits per heavy atom. The van der Waals surface area contributed by atoms with Crippen LogP contribution in [0.1, 0.15) is 18.4 Å². The summed E-state index contributed by atoms with van der Waals surface area (Å²) in [4.78, 5) is 40.1. The van der Waals surface area contributed by atoms with Gasteiger partial charge in [0.1, 0.15) is 28.7 Å². The fraction of sp³-hybridized carbons (Fsp3) is 0.250. The number of hydrogen-bond donors (Lipinski definition) is 2. The molecule has 1 saturated carbocycles. The third-order valence-corrected chi connectivity index (χ3v) is 7.44.